The fourth-order valence-electron chi connectivity index (χ4n) is 0.606. The molecule has 0 atom stereocenters. The van der Waals surface area contributed by atoms with Crippen molar-refractivity contribution in [1.82, 2.24) is 0 Å². The van der Waals surface area contributed by atoms with Crippen molar-refractivity contribution in [2.24, 2.45) is 10.4 Å². The molecule has 11 heavy (non-hydrogen) atoms. The van der Waals surface area contributed by atoms with Gasteiger partial charge in [-0.25, -0.2) is 5.28 Å². The first-order chi connectivity index (χ1) is 5.24. The molecule has 5 heteroatoms. The zero-order valence-electron chi connectivity index (χ0n) is 5.29. The first-order valence-corrected chi connectivity index (χ1v) is 3.48. The molecule has 0 aliphatic carbocycles. The molecule has 58 valence electrons. The maximum absolute atomic E-state index is 9.72. The Morgan fingerprint density at radius 1 is 1.27 bits per heavy atom. The van der Waals surface area contributed by atoms with E-state index in [0.717, 1.165) is 0 Å². The Balaban J connectivity index is 3.12. The maximum atomic E-state index is 9.72. The molecule has 0 N–H and O–H groups in total. The van der Waals surface area contributed by atoms with Crippen molar-refractivity contribution in [3.8, 4) is 0 Å². The first kappa shape index (κ1) is 8.30. The van der Waals surface area contributed by atoms with Crippen LogP contribution in [0.2, 0.25) is 10.0 Å². The monoisotopic (exact) mass is 189 g/mol. The van der Waals surface area contributed by atoms with Crippen LogP contribution in [0.15, 0.2) is 28.6 Å². The summed E-state index contributed by atoms with van der Waals surface area (Å²) in [5, 5.41) is 16.1. The Morgan fingerprint density at radius 2 is 2.00 bits per heavy atom. The number of nitrogens with zero attached hydrogens (tertiary/aromatic N) is 2. The van der Waals surface area contributed by atoms with Gasteiger partial charge in [0, 0.05) is 5.02 Å². The zero-order chi connectivity index (χ0) is 8.27. The van der Waals surface area contributed by atoms with Gasteiger partial charge in [0.15, 0.2) is 0 Å². The van der Waals surface area contributed by atoms with Crippen LogP contribution in [0, 0.1) is 5.21 Å². The summed E-state index contributed by atoms with van der Waals surface area (Å²) in [6.07, 6.45) is 0. The van der Waals surface area contributed by atoms with Crippen LogP contribution in [-0.2, 0) is 0 Å². The number of halogens is 2. The van der Waals surface area contributed by atoms with Gasteiger partial charge < -0.3 is 5.21 Å². The maximum Gasteiger partial charge on any atom is 0.105 e. The van der Waals surface area contributed by atoms with Gasteiger partial charge in [-0.15, -0.1) is 0 Å². The molecule has 1 rings (SSSR count). The van der Waals surface area contributed by atoms with Gasteiger partial charge in [-0.1, -0.05) is 23.2 Å². The van der Waals surface area contributed by atoms with Crippen LogP contribution in [-0.4, -0.2) is 0 Å². The van der Waals surface area contributed by atoms with Gasteiger partial charge in [-0.3, -0.25) is 0 Å². The van der Waals surface area contributed by atoms with Gasteiger partial charge in [0.25, 0.3) is 0 Å². The summed E-state index contributed by atoms with van der Waals surface area (Å²) >= 11 is 11.2. The van der Waals surface area contributed by atoms with Gasteiger partial charge in [0.1, 0.15) is 5.69 Å². The van der Waals surface area contributed by atoms with Crippen molar-refractivity contribution in [2.45, 2.75) is 0 Å². The molecule has 0 spiro atoms. The highest BCUT2D eigenvalue weighted by atomic mass is 35.5. The Hall–Kier alpha value is -0.800. The topological polar surface area (TPSA) is 47.8 Å². The average molecular weight is 190 g/mol. The van der Waals surface area contributed by atoms with Gasteiger partial charge in [0.2, 0.25) is 0 Å². The minimum Gasteiger partial charge on any atom is -0.775 e. The lowest BCUT2D eigenvalue weighted by Crippen LogP contribution is -1.67. The molecule has 1 aromatic rings. The predicted octanol–water partition coefficient (Wildman–Crippen LogP) is 3.57. The molecule has 0 aliphatic heterocycles. The predicted molar refractivity (Wildman–Crippen MR) is 44.3 cm³/mol. The Labute approximate surface area is 73.2 Å². The Morgan fingerprint density at radius 3 is 2.64 bits per heavy atom. The molecule has 0 aromatic heterocycles. The molecule has 0 radical (unpaired) electrons. The molecule has 3 nitrogen and oxygen atoms in total. The van der Waals surface area contributed by atoms with Crippen molar-refractivity contribution < 1.29 is 0 Å². The fraction of sp³-hybridized carbons (Fsp3) is 0. The quantitative estimate of drug-likeness (QED) is 0.493. The second-order valence-corrected chi connectivity index (χ2v) is 2.62. The van der Waals surface area contributed by atoms with E-state index in [-0.39, 0.29) is 5.69 Å². The number of hydrogen-bond donors (Lipinski definition) is 0. The minimum absolute atomic E-state index is 0.286. The lowest BCUT2D eigenvalue weighted by molar-refractivity contribution is 1.24. The van der Waals surface area contributed by atoms with Crippen LogP contribution in [0.1, 0.15) is 0 Å². The molecule has 0 saturated heterocycles. The highest BCUT2D eigenvalue weighted by Crippen LogP contribution is 2.27. The lowest BCUT2D eigenvalue weighted by Gasteiger charge is -1.97. The largest absolute Gasteiger partial charge is 0.775 e. The van der Waals surface area contributed by atoms with Gasteiger partial charge in [-0.2, -0.15) is 5.11 Å². The standard InChI is InChI=1S/C6H4Cl2N2O/c7-4-1-2-5(8)6(3-4)9-10-11/h1-3H,(H,9,11)/p-1. The summed E-state index contributed by atoms with van der Waals surface area (Å²) in [4.78, 5) is 0. The highest BCUT2D eigenvalue weighted by Gasteiger charge is 1.97. The van der Waals surface area contributed by atoms with Crippen molar-refractivity contribution in [3.63, 3.8) is 0 Å². The molecular formula is C6H3Cl2N2O-. The third-order valence-corrected chi connectivity index (χ3v) is 1.61. The average Bonchev–Trinajstić information content (AvgIpc) is 1.98. The summed E-state index contributed by atoms with van der Waals surface area (Å²) in [5.41, 5.74) is 0.286. The van der Waals surface area contributed by atoms with E-state index < -0.39 is 0 Å². The molecule has 0 saturated carbocycles. The number of rotatable bonds is 1. The lowest BCUT2D eigenvalue weighted by atomic mass is 10.3. The van der Waals surface area contributed by atoms with E-state index in [1.165, 1.54) is 6.07 Å². The third kappa shape index (κ3) is 2.06. The van der Waals surface area contributed by atoms with Crippen molar-refractivity contribution >= 4 is 28.9 Å². The molecule has 0 amide bonds. The van der Waals surface area contributed by atoms with E-state index in [9.17, 15) is 5.21 Å². The molecule has 0 unspecified atom stereocenters. The van der Waals surface area contributed by atoms with Crippen LogP contribution >= 0.6 is 23.2 Å². The van der Waals surface area contributed by atoms with E-state index in [1.807, 2.05) is 0 Å². The fourth-order valence-corrected chi connectivity index (χ4v) is 0.928. The Kier molecular flexibility index (Phi) is 2.68. The van der Waals surface area contributed by atoms with E-state index in [4.69, 9.17) is 23.2 Å². The van der Waals surface area contributed by atoms with Crippen LogP contribution in [0.25, 0.3) is 0 Å². The van der Waals surface area contributed by atoms with E-state index in [0.29, 0.717) is 10.0 Å². The second-order valence-electron chi connectivity index (χ2n) is 1.78. The van der Waals surface area contributed by atoms with Crippen molar-refractivity contribution in [2.75, 3.05) is 0 Å². The van der Waals surface area contributed by atoms with Crippen molar-refractivity contribution in [1.29, 1.82) is 0 Å². The van der Waals surface area contributed by atoms with Crippen LogP contribution in [0.5, 0.6) is 0 Å². The highest BCUT2D eigenvalue weighted by molar-refractivity contribution is 6.35. The normalized spacial score (nSPS) is 10.7. The smallest absolute Gasteiger partial charge is 0.105 e. The summed E-state index contributed by atoms with van der Waals surface area (Å²) in [6, 6.07) is 4.62. The van der Waals surface area contributed by atoms with E-state index in [2.05, 4.69) is 10.4 Å². The summed E-state index contributed by atoms with van der Waals surface area (Å²) in [5.74, 6) is 0. The first-order valence-electron chi connectivity index (χ1n) is 2.72. The van der Waals surface area contributed by atoms with Gasteiger partial charge in [0.05, 0.1) is 5.02 Å². The third-order valence-electron chi connectivity index (χ3n) is 1.06. The van der Waals surface area contributed by atoms with E-state index >= 15 is 0 Å². The van der Waals surface area contributed by atoms with Crippen LogP contribution in [0.3, 0.4) is 0 Å². The van der Waals surface area contributed by atoms with Gasteiger partial charge in [-0.05, 0) is 18.2 Å². The molecule has 0 heterocycles. The summed E-state index contributed by atoms with van der Waals surface area (Å²) < 4.78 is 0. The van der Waals surface area contributed by atoms with Crippen LogP contribution in [0.4, 0.5) is 5.69 Å². The molecule has 0 bridgehead atoms. The number of hydrogen-bond acceptors (Lipinski definition) is 3. The molecule has 0 fully saturated rings. The van der Waals surface area contributed by atoms with E-state index in [1.54, 1.807) is 12.1 Å². The summed E-state index contributed by atoms with van der Waals surface area (Å²) in [7, 11) is 0. The summed E-state index contributed by atoms with van der Waals surface area (Å²) in [6.45, 7) is 0. The SMILES string of the molecule is [O-]N=Nc1cc(Cl)ccc1Cl. The molecule has 1 aromatic carbocycles. The Bertz CT molecular complexity index is 288. The molecule has 0 aliphatic rings. The zero-order valence-corrected chi connectivity index (χ0v) is 6.80. The van der Waals surface area contributed by atoms with Crippen molar-refractivity contribution in [3.05, 3.63) is 33.5 Å². The minimum atomic E-state index is 0.286. The number of benzene rings is 1. The van der Waals surface area contributed by atoms with Crippen LogP contribution < -0.4 is 0 Å². The molecular weight excluding hydrogens is 187 g/mol. The second kappa shape index (κ2) is 3.55. The van der Waals surface area contributed by atoms with Gasteiger partial charge >= 0.3 is 0 Å².